The second-order valence-corrected chi connectivity index (χ2v) is 8.84. The number of fused-ring (bicyclic) bond motifs is 1. The van der Waals surface area contributed by atoms with Crippen LogP contribution in [0.2, 0.25) is 0 Å². The van der Waals surface area contributed by atoms with Crippen LogP contribution in [0.15, 0.2) is 23.1 Å². The van der Waals surface area contributed by atoms with E-state index in [4.69, 9.17) is 0 Å². The highest BCUT2D eigenvalue weighted by molar-refractivity contribution is 8.05. The van der Waals surface area contributed by atoms with Gasteiger partial charge in [0.25, 0.3) is 0 Å². The number of allylic oxidation sites excluding steroid dienone is 3. The first-order valence-corrected chi connectivity index (χ1v) is 9.51. The maximum atomic E-state index is 14.2. The molecule has 120 valence electrons. The molecule has 2 atom stereocenters. The highest BCUT2D eigenvalue weighted by atomic mass is 32.2. The van der Waals surface area contributed by atoms with Gasteiger partial charge in [-0.15, -0.1) is 11.8 Å². The van der Waals surface area contributed by atoms with E-state index in [0.29, 0.717) is 12.5 Å². The Morgan fingerprint density at radius 3 is 2.55 bits per heavy atom. The van der Waals surface area contributed by atoms with Crippen molar-refractivity contribution in [3.05, 3.63) is 23.1 Å². The zero-order chi connectivity index (χ0) is 15.2. The van der Waals surface area contributed by atoms with Crippen molar-refractivity contribution < 1.29 is 9.18 Å². The molecule has 22 heavy (non-hydrogen) atoms. The zero-order valence-corrected chi connectivity index (χ0v) is 13.8. The van der Waals surface area contributed by atoms with Gasteiger partial charge in [-0.1, -0.05) is 25.3 Å². The average molecular weight is 321 g/mol. The maximum Gasteiger partial charge on any atom is 0.236 e. The molecule has 4 aliphatic carbocycles. The predicted molar refractivity (Wildman–Crippen MR) is 88.4 cm³/mol. The maximum absolute atomic E-state index is 14.2. The Balaban J connectivity index is 1.37. The van der Waals surface area contributed by atoms with Crippen LogP contribution in [-0.4, -0.2) is 22.4 Å². The van der Waals surface area contributed by atoms with Gasteiger partial charge in [0.2, 0.25) is 5.91 Å². The summed E-state index contributed by atoms with van der Waals surface area (Å²) in [6.07, 6.45) is 15.2. The molecule has 4 heteroatoms. The molecular formula is C18H24FNOS. The van der Waals surface area contributed by atoms with Crippen LogP contribution in [0.25, 0.3) is 0 Å². The molecule has 0 saturated heterocycles. The fraction of sp³-hybridized carbons (Fsp3) is 0.722. The second-order valence-electron chi connectivity index (χ2n) is 7.38. The van der Waals surface area contributed by atoms with E-state index in [-0.39, 0.29) is 16.6 Å². The van der Waals surface area contributed by atoms with E-state index >= 15 is 0 Å². The van der Waals surface area contributed by atoms with Crippen LogP contribution in [0.4, 0.5) is 4.39 Å². The monoisotopic (exact) mass is 321 g/mol. The molecule has 2 unspecified atom stereocenters. The molecule has 0 spiro atoms. The number of carbonyl (C=O) groups is 1. The summed E-state index contributed by atoms with van der Waals surface area (Å²) < 4.78 is 14.0. The molecule has 0 aromatic rings. The third-order valence-electron chi connectivity index (χ3n) is 5.72. The van der Waals surface area contributed by atoms with Gasteiger partial charge in [0.05, 0.1) is 4.75 Å². The minimum absolute atomic E-state index is 0.0391. The number of hydrogen-bond donors (Lipinski definition) is 1. The highest BCUT2D eigenvalue weighted by Gasteiger charge is 2.53. The van der Waals surface area contributed by atoms with Crippen LogP contribution < -0.4 is 5.32 Å². The molecule has 4 rings (SSSR count). The SMILES string of the molecule is O=C(NC1CCCCC1)C1(SC2=CC3CCC3(F)C=C2)CC1. The van der Waals surface area contributed by atoms with Gasteiger partial charge in [-0.05, 0) is 50.7 Å². The minimum atomic E-state index is -1.09. The summed E-state index contributed by atoms with van der Waals surface area (Å²) in [6.45, 7) is 0. The summed E-state index contributed by atoms with van der Waals surface area (Å²) in [6, 6.07) is 0.375. The number of rotatable bonds is 4. The molecule has 3 saturated carbocycles. The molecular weight excluding hydrogens is 297 g/mol. The summed E-state index contributed by atoms with van der Waals surface area (Å²) in [5.74, 6) is 0.251. The van der Waals surface area contributed by atoms with Crippen LogP contribution in [0.3, 0.4) is 0 Å². The van der Waals surface area contributed by atoms with Crippen molar-refractivity contribution in [2.24, 2.45) is 5.92 Å². The van der Waals surface area contributed by atoms with Gasteiger partial charge in [0.1, 0.15) is 5.67 Å². The van der Waals surface area contributed by atoms with Gasteiger partial charge >= 0.3 is 0 Å². The first-order chi connectivity index (χ1) is 10.6. The van der Waals surface area contributed by atoms with E-state index in [1.54, 1.807) is 17.8 Å². The average Bonchev–Trinajstić information content (AvgIpc) is 3.29. The van der Waals surface area contributed by atoms with E-state index in [9.17, 15) is 9.18 Å². The van der Waals surface area contributed by atoms with Gasteiger partial charge in [-0.25, -0.2) is 4.39 Å². The third kappa shape index (κ3) is 2.64. The van der Waals surface area contributed by atoms with E-state index in [1.165, 1.54) is 19.3 Å². The second kappa shape index (κ2) is 5.40. The summed E-state index contributed by atoms with van der Waals surface area (Å²) in [5, 5.41) is 3.27. The van der Waals surface area contributed by atoms with Gasteiger partial charge in [-0.3, -0.25) is 4.79 Å². The van der Waals surface area contributed by atoms with Gasteiger partial charge in [0, 0.05) is 16.9 Å². The number of carbonyl (C=O) groups excluding carboxylic acids is 1. The quantitative estimate of drug-likeness (QED) is 0.837. The smallest absolute Gasteiger partial charge is 0.236 e. The first-order valence-electron chi connectivity index (χ1n) is 8.70. The number of nitrogens with one attached hydrogen (secondary N) is 1. The summed E-state index contributed by atoms with van der Waals surface area (Å²) >= 11 is 1.66. The summed E-state index contributed by atoms with van der Waals surface area (Å²) in [4.78, 5) is 13.7. The van der Waals surface area contributed by atoms with Gasteiger partial charge < -0.3 is 5.32 Å². The molecule has 3 fully saturated rings. The van der Waals surface area contributed by atoms with Crippen LogP contribution in [-0.2, 0) is 4.79 Å². The van der Waals surface area contributed by atoms with Crippen molar-refractivity contribution in [2.75, 3.05) is 0 Å². The zero-order valence-electron chi connectivity index (χ0n) is 12.9. The van der Waals surface area contributed by atoms with E-state index in [1.807, 2.05) is 6.08 Å². The molecule has 0 aliphatic heterocycles. The van der Waals surface area contributed by atoms with Crippen molar-refractivity contribution in [2.45, 2.75) is 74.2 Å². The predicted octanol–water partition coefficient (Wildman–Crippen LogP) is 4.27. The standard InChI is InChI=1S/C18H24FNOS/c19-17-8-6-13(17)12-15(7-9-17)22-18(10-11-18)16(21)20-14-4-2-1-3-5-14/h7,9,12-14H,1-6,8,10-11H2,(H,20,21). The van der Waals surface area contributed by atoms with Crippen LogP contribution in [0.1, 0.15) is 57.8 Å². The Kier molecular flexibility index (Phi) is 3.63. The lowest BCUT2D eigenvalue weighted by molar-refractivity contribution is -0.122. The third-order valence-corrected chi connectivity index (χ3v) is 7.21. The number of alkyl halides is 1. The Hall–Kier alpha value is -0.770. The van der Waals surface area contributed by atoms with Crippen molar-refractivity contribution in [1.82, 2.24) is 5.32 Å². The Morgan fingerprint density at radius 2 is 1.95 bits per heavy atom. The van der Waals surface area contributed by atoms with Crippen molar-refractivity contribution in [3.63, 3.8) is 0 Å². The molecule has 1 N–H and O–H groups in total. The molecule has 0 aromatic heterocycles. The number of thioether (sulfide) groups is 1. The lowest BCUT2D eigenvalue weighted by Crippen LogP contribution is -2.43. The van der Waals surface area contributed by atoms with Crippen LogP contribution >= 0.6 is 11.8 Å². The number of halogens is 1. The van der Waals surface area contributed by atoms with E-state index in [0.717, 1.165) is 37.0 Å². The first kappa shape index (κ1) is 14.8. The van der Waals surface area contributed by atoms with Crippen LogP contribution in [0.5, 0.6) is 0 Å². The Labute approximate surface area is 136 Å². The normalized spacial score (nSPS) is 36.0. The summed E-state index contributed by atoms with van der Waals surface area (Å²) in [7, 11) is 0. The molecule has 2 nitrogen and oxygen atoms in total. The van der Waals surface area contributed by atoms with Crippen LogP contribution in [0, 0.1) is 5.92 Å². The van der Waals surface area contributed by atoms with E-state index in [2.05, 4.69) is 11.4 Å². The molecule has 0 radical (unpaired) electrons. The fourth-order valence-corrected chi connectivity index (χ4v) is 5.11. The van der Waals surface area contributed by atoms with Crippen molar-refractivity contribution >= 4 is 17.7 Å². The molecule has 4 aliphatic rings. The van der Waals surface area contributed by atoms with Gasteiger partial charge in [0.15, 0.2) is 0 Å². The fourth-order valence-electron chi connectivity index (χ4n) is 3.84. The lowest BCUT2D eigenvalue weighted by atomic mass is 9.69. The van der Waals surface area contributed by atoms with Gasteiger partial charge in [-0.2, -0.15) is 0 Å². The van der Waals surface area contributed by atoms with Crippen molar-refractivity contribution in [1.29, 1.82) is 0 Å². The summed E-state index contributed by atoms with van der Waals surface area (Å²) in [5.41, 5.74) is -1.09. The minimum Gasteiger partial charge on any atom is -0.352 e. The molecule has 0 bridgehead atoms. The molecule has 1 amide bonds. The molecule has 0 aromatic carbocycles. The lowest BCUT2D eigenvalue weighted by Gasteiger charge is -2.41. The number of amides is 1. The largest absolute Gasteiger partial charge is 0.352 e. The van der Waals surface area contributed by atoms with Crippen molar-refractivity contribution in [3.8, 4) is 0 Å². The van der Waals surface area contributed by atoms with E-state index < -0.39 is 5.67 Å². The Morgan fingerprint density at radius 1 is 1.18 bits per heavy atom. The Bertz CT molecular complexity index is 533. The number of hydrogen-bond acceptors (Lipinski definition) is 2. The highest BCUT2D eigenvalue weighted by Crippen LogP contribution is 2.55. The molecule has 0 heterocycles. The topological polar surface area (TPSA) is 29.1 Å².